The van der Waals surface area contributed by atoms with Crippen LogP contribution in [0.15, 0.2) is 6.07 Å². The van der Waals surface area contributed by atoms with Gasteiger partial charge in [0, 0.05) is 24.8 Å². The Bertz CT molecular complexity index is 654. The molecule has 2 unspecified atom stereocenters. The lowest BCUT2D eigenvalue weighted by Crippen LogP contribution is -2.29. The standard InChI is InChI=1S/C14H19N5O.2C2H6/c1-7-4-10-12-11(16-7)5-9(6-20-3)8(2)17-13(12)19-14(15)18-10;2*1-2/h4,8-9H,5-6H2,1-3H3,(H3,15,17,18,19);2*1-2H3. The number of anilines is 2. The van der Waals surface area contributed by atoms with E-state index in [4.69, 9.17) is 10.5 Å². The van der Waals surface area contributed by atoms with Crippen molar-refractivity contribution in [2.75, 3.05) is 24.8 Å². The second-order valence-corrected chi connectivity index (χ2v) is 5.39. The first kappa shape index (κ1) is 20.1. The first-order chi connectivity index (χ1) is 11.6. The molecule has 0 amide bonds. The lowest BCUT2D eigenvalue weighted by atomic mass is 9.96. The molecule has 0 saturated heterocycles. The normalized spacial score (nSPS) is 18.5. The zero-order valence-corrected chi connectivity index (χ0v) is 16.0. The molecule has 2 aromatic heterocycles. The fraction of sp³-hybridized carbons (Fsp3) is 0.611. The Labute approximate surface area is 145 Å². The zero-order valence-electron chi connectivity index (χ0n) is 16.0. The molecule has 3 N–H and O–H groups in total. The summed E-state index contributed by atoms with van der Waals surface area (Å²) in [6.45, 7) is 12.8. The van der Waals surface area contributed by atoms with Crippen LogP contribution in [0.1, 0.15) is 46.0 Å². The molecule has 0 radical (unpaired) electrons. The molecule has 1 aliphatic heterocycles. The highest BCUT2D eigenvalue weighted by molar-refractivity contribution is 5.92. The lowest BCUT2D eigenvalue weighted by molar-refractivity contribution is 0.145. The molecule has 0 aliphatic carbocycles. The third-order valence-electron chi connectivity index (χ3n) is 3.81. The van der Waals surface area contributed by atoms with Crippen molar-refractivity contribution < 1.29 is 4.74 Å². The number of nitrogens with two attached hydrogens (primary N) is 1. The first-order valence-electron chi connectivity index (χ1n) is 8.77. The van der Waals surface area contributed by atoms with Crippen LogP contribution in [0.4, 0.5) is 11.8 Å². The van der Waals surface area contributed by atoms with Gasteiger partial charge in [-0.2, -0.15) is 4.98 Å². The molecular weight excluding hydrogens is 302 g/mol. The third-order valence-corrected chi connectivity index (χ3v) is 3.81. The quantitative estimate of drug-likeness (QED) is 0.873. The Hall–Kier alpha value is -1.95. The Morgan fingerprint density at radius 2 is 1.88 bits per heavy atom. The van der Waals surface area contributed by atoms with Crippen molar-refractivity contribution in [2.45, 2.75) is 54.0 Å². The molecule has 2 atom stereocenters. The summed E-state index contributed by atoms with van der Waals surface area (Å²) in [5, 5.41) is 4.41. The summed E-state index contributed by atoms with van der Waals surface area (Å²) in [4.78, 5) is 13.3. The van der Waals surface area contributed by atoms with Gasteiger partial charge in [0.25, 0.3) is 0 Å². The molecule has 24 heavy (non-hydrogen) atoms. The van der Waals surface area contributed by atoms with Crippen molar-refractivity contribution in [3.05, 3.63) is 17.5 Å². The van der Waals surface area contributed by atoms with Crippen LogP contribution in [-0.4, -0.2) is 34.7 Å². The van der Waals surface area contributed by atoms with Crippen LogP contribution in [0.5, 0.6) is 0 Å². The minimum absolute atomic E-state index is 0.238. The highest BCUT2D eigenvalue weighted by Gasteiger charge is 2.26. The summed E-state index contributed by atoms with van der Waals surface area (Å²) in [5.41, 5.74) is 8.63. The molecule has 0 bridgehead atoms. The number of aryl methyl sites for hydroxylation is 1. The maximum Gasteiger partial charge on any atom is 0.222 e. The summed E-state index contributed by atoms with van der Waals surface area (Å²) in [7, 11) is 1.72. The summed E-state index contributed by atoms with van der Waals surface area (Å²) >= 11 is 0. The van der Waals surface area contributed by atoms with E-state index in [1.807, 2.05) is 40.7 Å². The van der Waals surface area contributed by atoms with E-state index in [2.05, 4.69) is 27.2 Å². The van der Waals surface area contributed by atoms with Gasteiger partial charge >= 0.3 is 0 Å². The number of nitrogen functional groups attached to an aromatic ring is 1. The summed E-state index contributed by atoms with van der Waals surface area (Å²) in [5.74, 6) is 1.41. The number of methoxy groups -OCH3 is 1. The molecule has 6 nitrogen and oxygen atoms in total. The van der Waals surface area contributed by atoms with Crippen molar-refractivity contribution in [3.63, 3.8) is 0 Å². The fourth-order valence-corrected chi connectivity index (χ4v) is 2.81. The van der Waals surface area contributed by atoms with Gasteiger partial charge in [-0.3, -0.25) is 4.98 Å². The van der Waals surface area contributed by atoms with Crippen LogP contribution in [0.2, 0.25) is 0 Å². The molecule has 0 aromatic carbocycles. The van der Waals surface area contributed by atoms with Crippen LogP contribution < -0.4 is 11.1 Å². The Kier molecular flexibility index (Phi) is 7.85. The second kappa shape index (κ2) is 9.37. The van der Waals surface area contributed by atoms with Gasteiger partial charge in [-0.25, -0.2) is 4.98 Å². The van der Waals surface area contributed by atoms with E-state index < -0.39 is 0 Å². The van der Waals surface area contributed by atoms with E-state index in [0.29, 0.717) is 12.5 Å². The summed E-state index contributed by atoms with van der Waals surface area (Å²) in [6, 6.07) is 2.19. The van der Waals surface area contributed by atoms with Crippen LogP contribution in [-0.2, 0) is 11.2 Å². The molecule has 0 spiro atoms. The maximum atomic E-state index is 5.81. The van der Waals surface area contributed by atoms with Crippen molar-refractivity contribution in [3.8, 4) is 0 Å². The van der Waals surface area contributed by atoms with Crippen LogP contribution in [0, 0.1) is 12.8 Å². The average molecular weight is 333 g/mol. The Morgan fingerprint density at radius 1 is 1.21 bits per heavy atom. The van der Waals surface area contributed by atoms with Gasteiger partial charge in [0.05, 0.1) is 23.2 Å². The molecule has 134 valence electrons. The van der Waals surface area contributed by atoms with E-state index in [1.54, 1.807) is 7.11 Å². The van der Waals surface area contributed by atoms with Gasteiger partial charge in [-0.15, -0.1) is 0 Å². The highest BCUT2D eigenvalue weighted by Crippen LogP contribution is 2.31. The molecule has 2 aromatic rings. The Morgan fingerprint density at radius 3 is 2.50 bits per heavy atom. The van der Waals surface area contributed by atoms with Gasteiger partial charge in [-0.05, 0) is 26.3 Å². The molecule has 0 fully saturated rings. The Balaban J connectivity index is 0.000000671. The van der Waals surface area contributed by atoms with Crippen molar-refractivity contribution in [1.82, 2.24) is 15.0 Å². The van der Waals surface area contributed by atoms with Gasteiger partial charge in [0.2, 0.25) is 5.95 Å². The molecule has 3 heterocycles. The van der Waals surface area contributed by atoms with E-state index in [9.17, 15) is 0 Å². The number of hydrogen-bond acceptors (Lipinski definition) is 6. The summed E-state index contributed by atoms with van der Waals surface area (Å²) in [6.07, 6.45) is 0.848. The number of ether oxygens (including phenoxy) is 1. The van der Waals surface area contributed by atoms with Gasteiger partial charge in [0.15, 0.2) is 0 Å². The fourth-order valence-electron chi connectivity index (χ4n) is 2.81. The minimum atomic E-state index is 0.238. The lowest BCUT2D eigenvalue weighted by Gasteiger charge is -2.21. The van der Waals surface area contributed by atoms with Gasteiger partial charge in [0.1, 0.15) is 5.82 Å². The maximum absolute atomic E-state index is 5.81. The number of pyridine rings is 1. The van der Waals surface area contributed by atoms with Crippen molar-refractivity contribution >= 4 is 22.7 Å². The largest absolute Gasteiger partial charge is 0.384 e. The molecule has 1 aliphatic rings. The van der Waals surface area contributed by atoms with Crippen molar-refractivity contribution in [2.24, 2.45) is 5.92 Å². The van der Waals surface area contributed by atoms with Gasteiger partial charge in [-0.1, -0.05) is 27.7 Å². The molecule has 6 heteroatoms. The zero-order chi connectivity index (χ0) is 18.3. The topological polar surface area (TPSA) is 86.0 Å². The SMILES string of the molecule is CC.CC.COCC1Cc2nc(C)cc3nc(N)nc(c23)NC1C. The van der Waals surface area contributed by atoms with E-state index >= 15 is 0 Å². The number of aromatic nitrogens is 3. The van der Waals surface area contributed by atoms with E-state index in [0.717, 1.165) is 34.5 Å². The van der Waals surface area contributed by atoms with E-state index in [-0.39, 0.29) is 12.0 Å². The number of nitrogens with one attached hydrogen (secondary N) is 1. The predicted molar refractivity (Wildman–Crippen MR) is 101 cm³/mol. The number of rotatable bonds is 2. The van der Waals surface area contributed by atoms with Crippen LogP contribution in [0.3, 0.4) is 0 Å². The van der Waals surface area contributed by atoms with E-state index in [1.165, 1.54) is 0 Å². The first-order valence-corrected chi connectivity index (χ1v) is 8.77. The molecule has 3 rings (SSSR count). The average Bonchev–Trinajstić information content (AvgIpc) is 2.69. The monoisotopic (exact) mass is 333 g/mol. The third kappa shape index (κ3) is 4.32. The smallest absolute Gasteiger partial charge is 0.222 e. The second-order valence-electron chi connectivity index (χ2n) is 5.39. The highest BCUT2D eigenvalue weighted by atomic mass is 16.5. The number of hydrogen-bond donors (Lipinski definition) is 2. The molecular formula is C18H31N5O. The van der Waals surface area contributed by atoms with Crippen LogP contribution >= 0.6 is 0 Å². The van der Waals surface area contributed by atoms with Crippen molar-refractivity contribution in [1.29, 1.82) is 0 Å². The predicted octanol–water partition coefficient (Wildman–Crippen LogP) is 3.59. The minimum Gasteiger partial charge on any atom is -0.384 e. The van der Waals surface area contributed by atoms with Gasteiger partial charge < -0.3 is 15.8 Å². The number of nitrogens with zero attached hydrogens (tertiary/aromatic N) is 3. The summed E-state index contributed by atoms with van der Waals surface area (Å²) < 4.78 is 5.33. The molecule has 0 saturated carbocycles. The van der Waals surface area contributed by atoms with Crippen LogP contribution in [0.25, 0.3) is 10.9 Å².